The number of amides is 2. The van der Waals surface area contributed by atoms with Crippen molar-refractivity contribution in [3.63, 3.8) is 0 Å². The molecule has 138 valence electrons. The van der Waals surface area contributed by atoms with E-state index in [2.05, 4.69) is 5.43 Å². The lowest BCUT2D eigenvalue weighted by atomic mass is 9.80. The number of carbonyl (C=O) groups is 2. The van der Waals surface area contributed by atoms with E-state index >= 15 is 0 Å². The predicted molar refractivity (Wildman–Crippen MR) is 90.1 cm³/mol. The molecule has 1 aromatic carbocycles. The van der Waals surface area contributed by atoms with E-state index < -0.39 is 39.0 Å². The van der Waals surface area contributed by atoms with E-state index in [-0.39, 0.29) is 28.8 Å². The Morgan fingerprint density at radius 1 is 1.04 bits per heavy atom. The summed E-state index contributed by atoms with van der Waals surface area (Å²) in [7, 11) is 0. The normalized spacial score (nSPS) is 31.8. The molecule has 3 fully saturated rings. The summed E-state index contributed by atoms with van der Waals surface area (Å²) >= 11 is 0. The molecule has 5 rings (SSSR count). The molecule has 1 heterocycles. The fraction of sp³-hybridized carbons (Fsp3) is 0.412. The highest BCUT2D eigenvalue weighted by molar-refractivity contribution is 6.06. The minimum Gasteiger partial charge on any atom is -0.273 e. The number of hydrogen-bond donors (Lipinski definition) is 1. The molecule has 10 heteroatoms. The summed E-state index contributed by atoms with van der Waals surface area (Å²) in [5.41, 5.74) is 1.24. The molecule has 0 unspecified atom stereocenters. The van der Waals surface area contributed by atoms with E-state index in [0.717, 1.165) is 36.0 Å². The van der Waals surface area contributed by atoms with Gasteiger partial charge in [0.1, 0.15) is 5.69 Å². The minimum atomic E-state index is -0.795. The van der Waals surface area contributed by atoms with Crippen molar-refractivity contribution < 1.29 is 19.4 Å². The van der Waals surface area contributed by atoms with Crippen molar-refractivity contribution in [2.75, 3.05) is 5.01 Å². The number of fused-ring (bicyclic) bond motifs is 3. The van der Waals surface area contributed by atoms with Crippen molar-refractivity contribution >= 4 is 28.9 Å². The van der Waals surface area contributed by atoms with Crippen LogP contribution in [-0.4, -0.2) is 21.7 Å². The summed E-state index contributed by atoms with van der Waals surface area (Å²) in [5.74, 6) is -1.75. The number of allylic oxidation sites excluding steroid dienone is 2. The summed E-state index contributed by atoms with van der Waals surface area (Å²) in [6, 6.07) is 3.01. The van der Waals surface area contributed by atoms with Crippen LogP contribution in [0.2, 0.25) is 0 Å². The summed E-state index contributed by atoms with van der Waals surface area (Å²) in [5, 5.41) is 23.2. The summed E-state index contributed by atoms with van der Waals surface area (Å²) in [4.78, 5) is 46.7. The van der Waals surface area contributed by atoms with Gasteiger partial charge >= 0.3 is 5.69 Å². The van der Waals surface area contributed by atoms with Crippen LogP contribution in [0.25, 0.3) is 0 Å². The standard InChI is InChI=1S/C17H14N4O6/c22-15-13-9-2-3-10(17(9)5-6-17)14(13)16(23)19(18-15)11-4-1-8(20(24)25)7-12(11)21(26)27/h1-4,7,9-10,13-14H,5-6H2,(H,18,22)/t9-,10+,13+,14+/m1/s1. The van der Waals surface area contributed by atoms with Gasteiger partial charge in [0.25, 0.3) is 11.6 Å². The SMILES string of the molecule is O=C1NN(c2ccc([N+](=O)[O-])cc2[N+](=O)[O-])C(=O)[C@@H]2[C@@H]1[C@H]1C=C[C@@H]2C12CC2. The predicted octanol–water partition coefficient (Wildman–Crippen LogP) is 1.71. The second-order valence-corrected chi connectivity index (χ2v) is 7.56. The van der Waals surface area contributed by atoms with Crippen LogP contribution < -0.4 is 10.4 Å². The number of rotatable bonds is 3. The van der Waals surface area contributed by atoms with Gasteiger partial charge in [-0.15, -0.1) is 0 Å². The van der Waals surface area contributed by atoms with Crippen LogP contribution in [0.15, 0.2) is 30.4 Å². The van der Waals surface area contributed by atoms with Crippen molar-refractivity contribution in [1.29, 1.82) is 0 Å². The van der Waals surface area contributed by atoms with Gasteiger partial charge in [0, 0.05) is 6.07 Å². The van der Waals surface area contributed by atoms with E-state index in [0.29, 0.717) is 0 Å². The molecule has 1 saturated heterocycles. The van der Waals surface area contributed by atoms with E-state index in [9.17, 15) is 29.8 Å². The van der Waals surface area contributed by atoms with Gasteiger partial charge in [-0.05, 0) is 36.2 Å². The number of hydrazine groups is 1. The molecule has 2 bridgehead atoms. The topological polar surface area (TPSA) is 136 Å². The highest BCUT2D eigenvalue weighted by Gasteiger charge is 2.71. The van der Waals surface area contributed by atoms with E-state index in [1.54, 1.807) is 0 Å². The van der Waals surface area contributed by atoms with Gasteiger partial charge in [0.15, 0.2) is 0 Å². The molecule has 4 atom stereocenters. The molecule has 4 aliphatic rings. The molecule has 10 nitrogen and oxygen atoms in total. The van der Waals surface area contributed by atoms with Crippen molar-refractivity contribution in [2.45, 2.75) is 12.8 Å². The third kappa shape index (κ3) is 1.89. The van der Waals surface area contributed by atoms with Crippen LogP contribution in [0.1, 0.15) is 12.8 Å². The molecule has 3 aliphatic carbocycles. The average Bonchev–Trinajstić information content (AvgIpc) is 3.30. The number of nitrogens with one attached hydrogen (secondary N) is 1. The van der Waals surface area contributed by atoms with Crippen LogP contribution >= 0.6 is 0 Å². The Kier molecular flexibility index (Phi) is 2.89. The summed E-state index contributed by atoms with van der Waals surface area (Å²) in [6.07, 6.45) is 5.97. The zero-order chi connectivity index (χ0) is 19.1. The second kappa shape index (κ2) is 4.90. The van der Waals surface area contributed by atoms with Crippen LogP contribution in [0.3, 0.4) is 0 Å². The zero-order valence-electron chi connectivity index (χ0n) is 13.9. The maximum absolute atomic E-state index is 13.2. The largest absolute Gasteiger partial charge is 0.301 e. The van der Waals surface area contributed by atoms with Crippen LogP contribution in [-0.2, 0) is 9.59 Å². The van der Waals surface area contributed by atoms with Gasteiger partial charge < -0.3 is 0 Å². The third-order valence-electron chi connectivity index (χ3n) is 6.48. The first kappa shape index (κ1) is 15.9. The molecule has 2 amide bonds. The Bertz CT molecular complexity index is 968. The van der Waals surface area contributed by atoms with E-state index in [1.165, 1.54) is 0 Å². The Morgan fingerprint density at radius 2 is 1.70 bits per heavy atom. The monoisotopic (exact) mass is 370 g/mol. The number of benzene rings is 1. The number of nitro benzene ring substituents is 2. The fourth-order valence-corrected chi connectivity index (χ4v) is 5.22. The number of carbonyl (C=O) groups excluding carboxylic acids is 2. The number of hydrogen-bond acceptors (Lipinski definition) is 6. The molecule has 2 saturated carbocycles. The molecule has 0 radical (unpaired) electrons. The van der Waals surface area contributed by atoms with Crippen molar-refractivity contribution in [3.8, 4) is 0 Å². The highest BCUT2D eigenvalue weighted by Crippen LogP contribution is 2.72. The Balaban J connectivity index is 1.57. The second-order valence-electron chi connectivity index (χ2n) is 7.56. The summed E-state index contributed by atoms with van der Waals surface area (Å²) in [6.45, 7) is 0. The zero-order valence-corrected chi connectivity index (χ0v) is 13.9. The van der Waals surface area contributed by atoms with Gasteiger partial charge in [0.05, 0.1) is 27.7 Å². The molecule has 27 heavy (non-hydrogen) atoms. The Hall–Kier alpha value is -3.30. The number of nitrogens with zero attached hydrogens (tertiary/aromatic N) is 3. The van der Waals surface area contributed by atoms with Crippen molar-refractivity contribution in [2.24, 2.45) is 29.1 Å². The molecule has 1 N–H and O–H groups in total. The Labute approximate surface area is 152 Å². The minimum absolute atomic E-state index is 0.0141. The molecular formula is C17H14N4O6. The van der Waals surface area contributed by atoms with Crippen LogP contribution in [0, 0.1) is 49.3 Å². The maximum Gasteiger partial charge on any atom is 0.301 e. The van der Waals surface area contributed by atoms with E-state index in [1.807, 2.05) is 12.2 Å². The maximum atomic E-state index is 13.2. The Morgan fingerprint density at radius 3 is 2.30 bits per heavy atom. The third-order valence-corrected chi connectivity index (χ3v) is 6.48. The van der Waals surface area contributed by atoms with Gasteiger partial charge in [-0.2, -0.15) is 0 Å². The molecule has 1 aromatic rings. The lowest BCUT2D eigenvalue weighted by molar-refractivity contribution is -0.393. The quantitative estimate of drug-likeness (QED) is 0.489. The molecule has 1 spiro atoms. The van der Waals surface area contributed by atoms with Crippen molar-refractivity contribution in [3.05, 3.63) is 50.6 Å². The lowest BCUT2D eigenvalue weighted by Crippen LogP contribution is -2.60. The first-order chi connectivity index (χ1) is 12.8. The van der Waals surface area contributed by atoms with E-state index in [4.69, 9.17) is 0 Å². The van der Waals surface area contributed by atoms with Gasteiger partial charge in [-0.1, -0.05) is 12.2 Å². The van der Waals surface area contributed by atoms with Crippen LogP contribution in [0.5, 0.6) is 0 Å². The van der Waals surface area contributed by atoms with Gasteiger partial charge in [-0.3, -0.25) is 35.2 Å². The first-order valence-electron chi connectivity index (χ1n) is 8.61. The van der Waals surface area contributed by atoms with Crippen molar-refractivity contribution in [1.82, 2.24) is 5.43 Å². The fourth-order valence-electron chi connectivity index (χ4n) is 5.22. The van der Waals surface area contributed by atoms with Gasteiger partial charge in [-0.25, -0.2) is 5.01 Å². The smallest absolute Gasteiger partial charge is 0.273 e. The number of anilines is 1. The lowest BCUT2D eigenvalue weighted by Gasteiger charge is -2.37. The highest BCUT2D eigenvalue weighted by atomic mass is 16.6. The summed E-state index contributed by atoms with van der Waals surface area (Å²) < 4.78 is 0. The first-order valence-corrected chi connectivity index (χ1v) is 8.61. The number of nitro groups is 2. The molecule has 0 aromatic heterocycles. The molecular weight excluding hydrogens is 356 g/mol. The van der Waals surface area contributed by atoms with Gasteiger partial charge in [0.2, 0.25) is 5.91 Å². The number of non-ortho nitro benzene ring substituents is 1. The average molecular weight is 370 g/mol. The van der Waals surface area contributed by atoms with Crippen LogP contribution in [0.4, 0.5) is 17.1 Å². The molecule has 1 aliphatic heterocycles.